The third kappa shape index (κ3) is 3.75. The van der Waals surface area contributed by atoms with Crippen LogP contribution in [0.15, 0.2) is 12.7 Å². The van der Waals surface area contributed by atoms with Gasteiger partial charge in [0.05, 0.1) is 19.2 Å². The average molecular weight is 332 g/mol. The SMILES string of the molecule is BN(CC(=O)N1C[C@@H](F)C[C@H]1C#N)[C@@H]1CC[C@H](Cn2cncn2)C1. The van der Waals surface area contributed by atoms with Gasteiger partial charge in [-0.15, -0.1) is 0 Å². The van der Waals surface area contributed by atoms with Crippen LogP contribution in [-0.2, 0) is 11.3 Å². The molecule has 1 saturated carbocycles. The van der Waals surface area contributed by atoms with Gasteiger partial charge in [0.15, 0.2) is 7.98 Å². The Labute approximate surface area is 141 Å². The zero-order valence-corrected chi connectivity index (χ0v) is 13.9. The molecule has 24 heavy (non-hydrogen) atoms. The first-order valence-electron chi connectivity index (χ1n) is 8.42. The molecule has 4 atom stereocenters. The van der Waals surface area contributed by atoms with Crippen LogP contribution in [0.25, 0.3) is 0 Å². The lowest BCUT2D eigenvalue weighted by Gasteiger charge is -2.28. The van der Waals surface area contributed by atoms with E-state index in [1.165, 1.54) is 11.2 Å². The zero-order chi connectivity index (χ0) is 17.1. The first-order chi connectivity index (χ1) is 11.6. The summed E-state index contributed by atoms with van der Waals surface area (Å²) in [5, 5.41) is 13.2. The second-order valence-electron chi connectivity index (χ2n) is 6.89. The van der Waals surface area contributed by atoms with Gasteiger partial charge in [0.1, 0.15) is 24.9 Å². The molecule has 3 rings (SSSR count). The normalized spacial score (nSPS) is 30.0. The van der Waals surface area contributed by atoms with Crippen molar-refractivity contribution in [1.82, 2.24) is 24.5 Å². The second-order valence-corrected chi connectivity index (χ2v) is 6.89. The fourth-order valence-electron chi connectivity index (χ4n) is 3.82. The van der Waals surface area contributed by atoms with Crippen LogP contribution in [0.1, 0.15) is 25.7 Å². The highest BCUT2D eigenvalue weighted by molar-refractivity contribution is 6.06. The molecule has 1 aromatic heterocycles. The number of alkyl halides is 1. The van der Waals surface area contributed by atoms with Gasteiger partial charge in [-0.3, -0.25) is 9.48 Å². The van der Waals surface area contributed by atoms with Gasteiger partial charge >= 0.3 is 0 Å². The van der Waals surface area contributed by atoms with E-state index in [9.17, 15) is 9.18 Å². The maximum absolute atomic E-state index is 13.5. The largest absolute Gasteiger partial charge is 0.338 e. The van der Waals surface area contributed by atoms with E-state index in [1.807, 2.05) is 23.5 Å². The van der Waals surface area contributed by atoms with Gasteiger partial charge in [-0.2, -0.15) is 10.4 Å². The minimum atomic E-state index is -1.08. The lowest BCUT2D eigenvalue weighted by molar-refractivity contribution is -0.131. The molecule has 1 saturated heterocycles. The molecule has 9 heteroatoms. The number of nitrogens with zero attached hydrogens (tertiary/aromatic N) is 6. The Balaban J connectivity index is 1.49. The number of hydrogen-bond acceptors (Lipinski definition) is 5. The van der Waals surface area contributed by atoms with Gasteiger partial charge < -0.3 is 9.71 Å². The number of carbonyl (C=O) groups is 1. The maximum atomic E-state index is 13.5. The van der Waals surface area contributed by atoms with E-state index in [1.54, 1.807) is 6.33 Å². The predicted octanol–water partition coefficient (Wildman–Crippen LogP) is -0.241. The summed E-state index contributed by atoms with van der Waals surface area (Å²) in [6, 6.07) is 1.75. The van der Waals surface area contributed by atoms with Crippen molar-refractivity contribution >= 4 is 13.9 Å². The zero-order valence-electron chi connectivity index (χ0n) is 13.9. The van der Waals surface area contributed by atoms with Crippen LogP contribution in [0, 0.1) is 17.2 Å². The summed E-state index contributed by atoms with van der Waals surface area (Å²) in [5.41, 5.74) is 0. The van der Waals surface area contributed by atoms with E-state index in [0.717, 1.165) is 25.8 Å². The Morgan fingerprint density at radius 2 is 2.29 bits per heavy atom. The average Bonchev–Trinajstić information content (AvgIpc) is 3.28. The minimum Gasteiger partial charge on any atom is -0.338 e. The van der Waals surface area contributed by atoms with Crippen LogP contribution in [0.4, 0.5) is 4.39 Å². The maximum Gasteiger partial charge on any atom is 0.236 e. The molecular formula is C15H22BFN6O. The molecule has 0 spiro atoms. The Bertz CT molecular complexity index is 606. The molecule has 2 aliphatic rings. The van der Waals surface area contributed by atoms with Crippen molar-refractivity contribution < 1.29 is 9.18 Å². The molecule has 2 heterocycles. The van der Waals surface area contributed by atoms with Crippen LogP contribution >= 0.6 is 0 Å². The summed E-state index contributed by atoms with van der Waals surface area (Å²) < 4.78 is 15.3. The lowest BCUT2D eigenvalue weighted by Crippen LogP contribution is -2.44. The molecule has 2 fully saturated rings. The fraction of sp³-hybridized carbons (Fsp3) is 0.733. The third-order valence-corrected chi connectivity index (χ3v) is 5.15. The topological polar surface area (TPSA) is 78.0 Å². The van der Waals surface area contributed by atoms with Crippen molar-refractivity contribution in [1.29, 1.82) is 5.26 Å². The first kappa shape index (κ1) is 16.9. The molecule has 1 aliphatic carbocycles. The van der Waals surface area contributed by atoms with E-state index in [4.69, 9.17) is 5.26 Å². The van der Waals surface area contributed by atoms with Crippen molar-refractivity contribution in [3.05, 3.63) is 12.7 Å². The van der Waals surface area contributed by atoms with E-state index in [0.29, 0.717) is 12.0 Å². The molecule has 1 aromatic rings. The van der Waals surface area contributed by atoms with Crippen molar-refractivity contribution in [2.24, 2.45) is 5.92 Å². The monoisotopic (exact) mass is 332 g/mol. The van der Waals surface area contributed by atoms with Crippen LogP contribution < -0.4 is 0 Å². The minimum absolute atomic E-state index is 0.0461. The number of hydrogen-bond donors (Lipinski definition) is 0. The summed E-state index contributed by atoms with van der Waals surface area (Å²) in [7, 11) is 1.94. The second kappa shape index (κ2) is 7.30. The van der Waals surface area contributed by atoms with Crippen LogP contribution in [0.5, 0.6) is 0 Å². The highest BCUT2D eigenvalue weighted by Gasteiger charge is 2.36. The number of rotatable bonds is 5. The van der Waals surface area contributed by atoms with E-state index in [2.05, 4.69) is 10.1 Å². The lowest BCUT2D eigenvalue weighted by atomic mass is 10.1. The Hall–Kier alpha value is -1.95. The Kier molecular flexibility index (Phi) is 5.14. The van der Waals surface area contributed by atoms with Gasteiger partial charge in [0.2, 0.25) is 5.91 Å². The van der Waals surface area contributed by atoms with Crippen molar-refractivity contribution in [3.8, 4) is 6.07 Å². The van der Waals surface area contributed by atoms with E-state index < -0.39 is 12.2 Å². The molecule has 0 N–H and O–H groups in total. The smallest absolute Gasteiger partial charge is 0.236 e. The fourth-order valence-corrected chi connectivity index (χ4v) is 3.82. The van der Waals surface area contributed by atoms with Gasteiger partial charge in [0.25, 0.3) is 0 Å². The van der Waals surface area contributed by atoms with Crippen LogP contribution in [0.2, 0.25) is 0 Å². The third-order valence-electron chi connectivity index (χ3n) is 5.15. The van der Waals surface area contributed by atoms with Crippen molar-refractivity contribution in [3.63, 3.8) is 0 Å². The van der Waals surface area contributed by atoms with Gasteiger partial charge in [-0.1, -0.05) is 0 Å². The molecule has 0 unspecified atom stereocenters. The Morgan fingerprint density at radius 1 is 1.46 bits per heavy atom. The summed E-state index contributed by atoms with van der Waals surface area (Å²) in [6.07, 6.45) is 5.46. The van der Waals surface area contributed by atoms with Gasteiger partial charge in [-0.25, -0.2) is 9.37 Å². The van der Waals surface area contributed by atoms with Crippen LogP contribution in [-0.4, -0.2) is 69.7 Å². The molecule has 128 valence electrons. The molecular weight excluding hydrogens is 310 g/mol. The summed E-state index contributed by atoms with van der Waals surface area (Å²) in [5.74, 6) is 0.382. The molecule has 7 nitrogen and oxygen atoms in total. The standard InChI is InChI=1S/C15H22BFN6O/c16-23(8-15(24)22-7-12(17)4-14(22)5-18)13-2-1-11(3-13)6-21-10-19-9-20-21/h9-14H,1-4,6-8,16H2/t11-,12-,13+,14-/m0/s1. The van der Waals surface area contributed by atoms with E-state index >= 15 is 0 Å². The quantitative estimate of drug-likeness (QED) is 0.696. The molecule has 1 aliphatic heterocycles. The molecule has 0 radical (unpaired) electrons. The number of carbonyl (C=O) groups excluding carboxylic acids is 1. The summed E-state index contributed by atoms with van der Waals surface area (Å²) in [4.78, 5) is 19.8. The molecule has 0 bridgehead atoms. The highest BCUT2D eigenvalue weighted by atomic mass is 19.1. The summed E-state index contributed by atoms with van der Waals surface area (Å²) >= 11 is 0. The van der Waals surface area contributed by atoms with E-state index in [-0.39, 0.29) is 25.4 Å². The summed E-state index contributed by atoms with van der Waals surface area (Å²) in [6.45, 7) is 1.14. The predicted molar refractivity (Wildman–Crippen MR) is 87.0 cm³/mol. The number of amides is 1. The molecule has 1 amide bonds. The highest BCUT2D eigenvalue weighted by Crippen LogP contribution is 2.30. The number of halogens is 1. The Morgan fingerprint density at radius 3 is 3.00 bits per heavy atom. The van der Waals surface area contributed by atoms with Crippen molar-refractivity contribution in [2.45, 2.75) is 50.5 Å². The van der Waals surface area contributed by atoms with Crippen molar-refractivity contribution in [2.75, 3.05) is 13.1 Å². The van der Waals surface area contributed by atoms with Gasteiger partial charge in [0, 0.05) is 13.0 Å². The van der Waals surface area contributed by atoms with Gasteiger partial charge in [-0.05, 0) is 31.2 Å². The van der Waals surface area contributed by atoms with Crippen LogP contribution in [0.3, 0.4) is 0 Å². The number of aromatic nitrogens is 3. The first-order valence-corrected chi connectivity index (χ1v) is 8.42. The number of nitriles is 1. The molecule has 0 aromatic carbocycles. The number of likely N-dealkylation sites (tertiary alicyclic amines) is 1.